The second-order valence-corrected chi connectivity index (χ2v) is 9.44. The Labute approximate surface area is 204 Å². The van der Waals surface area contributed by atoms with Gasteiger partial charge in [0.05, 0.1) is 17.7 Å². The molecule has 172 valence electrons. The van der Waals surface area contributed by atoms with Gasteiger partial charge in [-0.3, -0.25) is 4.79 Å². The van der Waals surface area contributed by atoms with E-state index in [9.17, 15) is 4.79 Å². The van der Waals surface area contributed by atoms with E-state index in [1.54, 1.807) is 26.4 Å². The Morgan fingerprint density at radius 2 is 1.91 bits per heavy atom. The number of carbonyl (C=O) groups excluding carboxylic acids is 1. The van der Waals surface area contributed by atoms with Gasteiger partial charge in [0.1, 0.15) is 27.6 Å². The number of furan rings is 1. The van der Waals surface area contributed by atoms with Crippen molar-refractivity contribution in [3.05, 3.63) is 74.8 Å². The van der Waals surface area contributed by atoms with Gasteiger partial charge in [-0.05, 0) is 46.6 Å². The number of hydrogen-bond donors (Lipinski definition) is 0. The normalized spacial score (nSPS) is 17.1. The fraction of sp³-hybridized carbons (Fsp3) is 0.292. The highest BCUT2D eigenvalue weighted by molar-refractivity contribution is 9.11. The predicted octanol–water partition coefficient (Wildman–Crippen LogP) is 5.73. The number of Topliss-reactive ketones (excluding diaryl/α,β-unsaturated/α-hetero) is 1. The van der Waals surface area contributed by atoms with E-state index in [1.165, 1.54) is 18.4 Å². The molecule has 0 radical (unpaired) electrons. The number of halogens is 1. The molecule has 0 spiro atoms. The molecule has 9 heteroatoms. The minimum atomic E-state index is -0.787. The van der Waals surface area contributed by atoms with Crippen LogP contribution in [0.1, 0.15) is 39.4 Å². The number of allylic oxidation sites excluding steroid dienone is 1. The third-order valence-electron chi connectivity index (χ3n) is 5.36. The van der Waals surface area contributed by atoms with E-state index in [0.29, 0.717) is 17.9 Å². The third-order valence-corrected chi connectivity index (χ3v) is 7.15. The average Bonchev–Trinajstić information content (AvgIpc) is 3.50. The number of methoxy groups -OCH3 is 3. The molecule has 3 aromatic rings. The number of ether oxygens (including phenoxy) is 3. The maximum Gasteiger partial charge on any atom is 0.231 e. The van der Waals surface area contributed by atoms with Crippen LogP contribution in [0.15, 0.2) is 57.1 Å². The monoisotopic (exact) mass is 530 g/mol. The number of ketones is 1. The fourth-order valence-corrected chi connectivity index (χ4v) is 4.95. The SMILES string of the molecule is COC1=C(Br)C(OC)CC(c2ccc(C(=O)C(OC)c3ccc(-c4nnc(C)s4)cc3)o2)=C1. The van der Waals surface area contributed by atoms with Crippen molar-refractivity contribution in [3.63, 3.8) is 0 Å². The van der Waals surface area contributed by atoms with Crippen LogP contribution in [0, 0.1) is 6.92 Å². The molecule has 33 heavy (non-hydrogen) atoms. The molecule has 0 bridgehead atoms. The van der Waals surface area contributed by atoms with Gasteiger partial charge in [-0.15, -0.1) is 10.2 Å². The Hall–Kier alpha value is -2.59. The van der Waals surface area contributed by atoms with E-state index < -0.39 is 6.10 Å². The number of rotatable bonds is 8. The summed E-state index contributed by atoms with van der Waals surface area (Å²) < 4.78 is 23.3. The lowest BCUT2D eigenvalue weighted by atomic mass is 9.99. The van der Waals surface area contributed by atoms with Crippen molar-refractivity contribution in [2.75, 3.05) is 21.3 Å². The van der Waals surface area contributed by atoms with Gasteiger partial charge in [-0.25, -0.2) is 0 Å². The first-order valence-electron chi connectivity index (χ1n) is 10.2. The first-order valence-corrected chi connectivity index (χ1v) is 11.8. The number of carbonyl (C=O) groups is 1. The molecule has 2 unspecified atom stereocenters. The first kappa shape index (κ1) is 23.6. The third kappa shape index (κ3) is 4.86. The number of aryl methyl sites for hydroxylation is 1. The smallest absolute Gasteiger partial charge is 0.231 e. The molecular weight excluding hydrogens is 508 g/mol. The molecule has 0 saturated heterocycles. The summed E-state index contributed by atoms with van der Waals surface area (Å²) in [6.45, 7) is 1.91. The average molecular weight is 531 g/mol. The van der Waals surface area contributed by atoms with E-state index in [1.807, 2.05) is 37.3 Å². The molecule has 1 aliphatic rings. The molecular formula is C24H23BrN2O5S. The van der Waals surface area contributed by atoms with Gasteiger partial charge < -0.3 is 18.6 Å². The molecule has 2 heterocycles. The Kier molecular flexibility index (Phi) is 7.23. The highest BCUT2D eigenvalue weighted by Gasteiger charge is 2.28. The maximum absolute atomic E-state index is 13.2. The van der Waals surface area contributed by atoms with Crippen LogP contribution in [0.5, 0.6) is 0 Å². The van der Waals surface area contributed by atoms with Crippen LogP contribution in [0.25, 0.3) is 16.1 Å². The van der Waals surface area contributed by atoms with E-state index in [4.69, 9.17) is 18.6 Å². The number of benzene rings is 1. The van der Waals surface area contributed by atoms with Crippen molar-refractivity contribution in [2.45, 2.75) is 25.6 Å². The van der Waals surface area contributed by atoms with Crippen LogP contribution < -0.4 is 0 Å². The van der Waals surface area contributed by atoms with Crippen LogP contribution in [-0.2, 0) is 14.2 Å². The zero-order chi connectivity index (χ0) is 23.5. The van der Waals surface area contributed by atoms with Gasteiger partial charge in [0.25, 0.3) is 0 Å². The van der Waals surface area contributed by atoms with Gasteiger partial charge in [-0.2, -0.15) is 0 Å². The fourth-order valence-electron chi connectivity index (χ4n) is 3.63. The maximum atomic E-state index is 13.2. The Morgan fingerprint density at radius 1 is 1.15 bits per heavy atom. The zero-order valence-corrected chi connectivity index (χ0v) is 21.0. The van der Waals surface area contributed by atoms with E-state index in [2.05, 4.69) is 26.1 Å². The standard InChI is InChI=1S/C24H23BrN2O5S/c1-13-26-27-24(33-13)15-7-5-14(6-8-15)23(31-4)22(28)18-10-9-17(32-18)16-11-19(29-2)21(25)20(12-16)30-3/h5-11,20,23H,12H2,1-4H3. The quantitative estimate of drug-likeness (QED) is 0.343. The van der Waals surface area contributed by atoms with Gasteiger partial charge in [0, 0.05) is 31.8 Å². The van der Waals surface area contributed by atoms with Gasteiger partial charge in [0.15, 0.2) is 5.76 Å². The number of nitrogens with zero attached hydrogens (tertiary/aromatic N) is 2. The molecule has 0 amide bonds. The summed E-state index contributed by atoms with van der Waals surface area (Å²) in [4.78, 5) is 13.2. The van der Waals surface area contributed by atoms with Crippen molar-refractivity contribution >= 4 is 38.6 Å². The number of hydrogen-bond acceptors (Lipinski definition) is 8. The van der Waals surface area contributed by atoms with E-state index in [0.717, 1.165) is 31.2 Å². The van der Waals surface area contributed by atoms with Gasteiger partial charge >= 0.3 is 0 Å². The first-order chi connectivity index (χ1) is 15.9. The molecule has 1 aromatic carbocycles. The summed E-state index contributed by atoms with van der Waals surface area (Å²) >= 11 is 5.04. The minimum absolute atomic E-state index is 0.189. The van der Waals surface area contributed by atoms with E-state index >= 15 is 0 Å². The molecule has 0 N–H and O–H groups in total. The highest BCUT2D eigenvalue weighted by atomic mass is 79.9. The molecule has 0 aliphatic heterocycles. The lowest BCUT2D eigenvalue weighted by molar-refractivity contribution is 0.0576. The predicted molar refractivity (Wildman–Crippen MR) is 129 cm³/mol. The molecule has 2 aromatic heterocycles. The highest BCUT2D eigenvalue weighted by Crippen LogP contribution is 2.36. The van der Waals surface area contributed by atoms with Crippen LogP contribution in [0.3, 0.4) is 0 Å². The summed E-state index contributed by atoms with van der Waals surface area (Å²) in [5.41, 5.74) is 2.55. The second-order valence-electron chi connectivity index (χ2n) is 7.41. The lowest BCUT2D eigenvalue weighted by Gasteiger charge is -2.22. The summed E-state index contributed by atoms with van der Waals surface area (Å²) in [5, 5.41) is 9.95. The minimum Gasteiger partial charge on any atom is -0.496 e. The van der Waals surface area contributed by atoms with Gasteiger partial charge in [-0.1, -0.05) is 35.6 Å². The topological polar surface area (TPSA) is 83.7 Å². The Balaban J connectivity index is 1.56. The summed E-state index contributed by atoms with van der Waals surface area (Å²) in [5.74, 6) is 1.22. The van der Waals surface area contributed by atoms with Crippen LogP contribution in [0.4, 0.5) is 0 Å². The molecule has 4 rings (SSSR count). The lowest BCUT2D eigenvalue weighted by Crippen LogP contribution is -2.17. The van der Waals surface area contributed by atoms with Crippen molar-refractivity contribution in [2.24, 2.45) is 0 Å². The second kappa shape index (κ2) is 10.1. The molecule has 7 nitrogen and oxygen atoms in total. The van der Waals surface area contributed by atoms with Crippen molar-refractivity contribution < 1.29 is 23.4 Å². The number of aromatic nitrogens is 2. The zero-order valence-electron chi connectivity index (χ0n) is 18.6. The van der Waals surface area contributed by atoms with E-state index in [-0.39, 0.29) is 17.6 Å². The Bertz CT molecular complexity index is 1210. The summed E-state index contributed by atoms with van der Waals surface area (Å²) in [6, 6.07) is 11.0. The van der Waals surface area contributed by atoms with Crippen molar-refractivity contribution in [1.29, 1.82) is 0 Å². The van der Waals surface area contributed by atoms with Crippen LogP contribution in [0.2, 0.25) is 0 Å². The summed E-state index contributed by atoms with van der Waals surface area (Å²) in [7, 11) is 4.74. The largest absolute Gasteiger partial charge is 0.496 e. The van der Waals surface area contributed by atoms with Crippen molar-refractivity contribution in [3.8, 4) is 10.6 Å². The van der Waals surface area contributed by atoms with Crippen molar-refractivity contribution in [1.82, 2.24) is 10.2 Å². The van der Waals surface area contributed by atoms with Crippen LogP contribution >= 0.6 is 27.3 Å². The van der Waals surface area contributed by atoms with Gasteiger partial charge in [0.2, 0.25) is 5.78 Å². The molecule has 2 atom stereocenters. The molecule has 0 saturated carbocycles. The molecule has 0 fully saturated rings. The van der Waals surface area contributed by atoms with Crippen LogP contribution in [-0.4, -0.2) is 43.4 Å². The molecule has 1 aliphatic carbocycles. The Morgan fingerprint density at radius 3 is 2.52 bits per heavy atom. The summed E-state index contributed by atoms with van der Waals surface area (Å²) in [6.07, 6.45) is 1.50.